The Morgan fingerprint density at radius 2 is 2.26 bits per heavy atom. The van der Waals surface area contributed by atoms with Crippen molar-refractivity contribution in [1.29, 1.82) is 0 Å². The summed E-state index contributed by atoms with van der Waals surface area (Å²) in [4.78, 5) is 4.46. The fourth-order valence-corrected chi connectivity index (χ4v) is 2.50. The highest BCUT2D eigenvalue weighted by Crippen LogP contribution is 2.20. The van der Waals surface area contributed by atoms with Crippen LogP contribution in [0.3, 0.4) is 0 Å². The topological polar surface area (TPSA) is 60.2 Å². The van der Waals surface area contributed by atoms with Gasteiger partial charge in [0, 0.05) is 18.5 Å². The molecule has 0 bridgehead atoms. The zero-order valence-corrected chi connectivity index (χ0v) is 10.9. The van der Waals surface area contributed by atoms with Gasteiger partial charge in [-0.1, -0.05) is 18.2 Å². The largest absolute Gasteiger partial charge is 0.383 e. The number of para-hydroxylation sites is 1. The number of nitrogens with two attached hydrogens (primary N) is 1. The normalized spacial score (nSPS) is 19.7. The molecule has 1 aliphatic rings. The predicted molar refractivity (Wildman–Crippen MR) is 77.1 cm³/mol. The van der Waals surface area contributed by atoms with Gasteiger partial charge < -0.3 is 15.8 Å². The molecule has 0 radical (unpaired) electrons. The van der Waals surface area contributed by atoms with Crippen molar-refractivity contribution in [2.75, 3.05) is 25.4 Å². The van der Waals surface area contributed by atoms with Crippen LogP contribution in [0.15, 0.2) is 30.3 Å². The molecule has 2 heterocycles. The minimum absolute atomic E-state index is 0.291. The van der Waals surface area contributed by atoms with Gasteiger partial charge in [-0.3, -0.25) is 0 Å². The third kappa shape index (κ3) is 2.85. The van der Waals surface area contributed by atoms with Crippen LogP contribution < -0.4 is 11.1 Å². The number of rotatable bonds is 3. The smallest absolute Gasteiger partial charge is 0.127 e. The van der Waals surface area contributed by atoms with E-state index in [1.807, 2.05) is 18.2 Å². The van der Waals surface area contributed by atoms with Gasteiger partial charge in [0.1, 0.15) is 5.82 Å². The molecule has 4 heteroatoms. The third-order valence-corrected chi connectivity index (χ3v) is 3.58. The van der Waals surface area contributed by atoms with Crippen LogP contribution in [0, 0.1) is 0 Å². The first kappa shape index (κ1) is 12.4. The number of fused-ring (bicyclic) bond motifs is 1. The van der Waals surface area contributed by atoms with Crippen LogP contribution in [0.4, 0.5) is 5.82 Å². The van der Waals surface area contributed by atoms with E-state index in [0.29, 0.717) is 11.9 Å². The summed E-state index contributed by atoms with van der Waals surface area (Å²) >= 11 is 0. The number of hydrogen-bond acceptors (Lipinski definition) is 4. The maximum atomic E-state index is 6.03. The SMILES string of the molecule is Nc1nc2ccccc2cc1CCC1CNCCO1. The van der Waals surface area contributed by atoms with E-state index < -0.39 is 0 Å². The zero-order valence-electron chi connectivity index (χ0n) is 10.9. The Kier molecular flexibility index (Phi) is 3.62. The van der Waals surface area contributed by atoms with E-state index in [9.17, 15) is 0 Å². The highest BCUT2D eigenvalue weighted by Gasteiger charge is 2.14. The molecule has 3 N–H and O–H groups in total. The van der Waals surface area contributed by atoms with Crippen molar-refractivity contribution in [3.63, 3.8) is 0 Å². The number of nitrogens with one attached hydrogen (secondary N) is 1. The highest BCUT2D eigenvalue weighted by atomic mass is 16.5. The fourth-order valence-electron chi connectivity index (χ4n) is 2.50. The van der Waals surface area contributed by atoms with Crippen LogP contribution >= 0.6 is 0 Å². The summed E-state index contributed by atoms with van der Waals surface area (Å²) in [6.45, 7) is 2.69. The molecule has 1 aromatic carbocycles. The first-order chi connectivity index (χ1) is 9.33. The summed E-state index contributed by atoms with van der Waals surface area (Å²) in [5, 5.41) is 4.49. The first-order valence-electron chi connectivity index (χ1n) is 6.79. The molecule has 0 amide bonds. The van der Waals surface area contributed by atoms with Crippen molar-refractivity contribution >= 4 is 16.7 Å². The van der Waals surface area contributed by atoms with Gasteiger partial charge in [0.05, 0.1) is 18.2 Å². The molecule has 3 rings (SSSR count). The number of anilines is 1. The molecule has 0 spiro atoms. The van der Waals surface area contributed by atoms with E-state index in [2.05, 4.69) is 22.4 Å². The predicted octanol–water partition coefficient (Wildman–Crippen LogP) is 1.74. The molecule has 1 saturated heterocycles. The van der Waals surface area contributed by atoms with Gasteiger partial charge in [0.15, 0.2) is 0 Å². The van der Waals surface area contributed by atoms with Crippen molar-refractivity contribution in [2.45, 2.75) is 18.9 Å². The van der Waals surface area contributed by atoms with Gasteiger partial charge in [-0.05, 0) is 30.5 Å². The molecule has 1 atom stereocenters. The molecule has 1 aromatic heterocycles. The van der Waals surface area contributed by atoms with Crippen molar-refractivity contribution in [3.8, 4) is 0 Å². The number of benzene rings is 1. The average molecular weight is 257 g/mol. The lowest BCUT2D eigenvalue weighted by atomic mass is 10.0. The molecule has 1 fully saturated rings. The second-order valence-corrected chi connectivity index (χ2v) is 4.96. The summed E-state index contributed by atoms with van der Waals surface area (Å²) < 4.78 is 5.70. The van der Waals surface area contributed by atoms with Crippen LogP contribution in [-0.2, 0) is 11.2 Å². The Morgan fingerprint density at radius 3 is 3.11 bits per heavy atom. The van der Waals surface area contributed by atoms with Crippen LogP contribution in [0.2, 0.25) is 0 Å². The van der Waals surface area contributed by atoms with Crippen molar-refractivity contribution in [2.24, 2.45) is 0 Å². The molecular formula is C15H19N3O. The van der Waals surface area contributed by atoms with Crippen LogP contribution in [-0.4, -0.2) is 30.8 Å². The molecule has 0 saturated carbocycles. The van der Waals surface area contributed by atoms with Crippen LogP contribution in [0.25, 0.3) is 10.9 Å². The Bertz CT molecular complexity index is 564. The monoisotopic (exact) mass is 257 g/mol. The number of ether oxygens (including phenoxy) is 1. The Hall–Kier alpha value is -1.65. The number of nitrogens with zero attached hydrogens (tertiary/aromatic N) is 1. The van der Waals surface area contributed by atoms with E-state index in [0.717, 1.165) is 49.0 Å². The Balaban J connectivity index is 1.74. The fraction of sp³-hybridized carbons (Fsp3) is 0.400. The number of pyridine rings is 1. The Morgan fingerprint density at radius 1 is 1.37 bits per heavy atom. The highest BCUT2D eigenvalue weighted by molar-refractivity contribution is 5.81. The van der Waals surface area contributed by atoms with E-state index in [-0.39, 0.29) is 0 Å². The van der Waals surface area contributed by atoms with Gasteiger partial charge in [-0.15, -0.1) is 0 Å². The molecule has 4 nitrogen and oxygen atoms in total. The zero-order chi connectivity index (χ0) is 13.1. The minimum atomic E-state index is 0.291. The Labute approximate surface area is 113 Å². The number of hydrogen-bond donors (Lipinski definition) is 2. The minimum Gasteiger partial charge on any atom is -0.383 e. The van der Waals surface area contributed by atoms with Crippen LogP contribution in [0.1, 0.15) is 12.0 Å². The van der Waals surface area contributed by atoms with Gasteiger partial charge in [-0.2, -0.15) is 0 Å². The number of aryl methyl sites for hydroxylation is 1. The van der Waals surface area contributed by atoms with E-state index in [1.54, 1.807) is 0 Å². The molecule has 0 aliphatic carbocycles. The second-order valence-electron chi connectivity index (χ2n) is 4.96. The van der Waals surface area contributed by atoms with Gasteiger partial charge >= 0.3 is 0 Å². The van der Waals surface area contributed by atoms with E-state index >= 15 is 0 Å². The third-order valence-electron chi connectivity index (χ3n) is 3.58. The van der Waals surface area contributed by atoms with Gasteiger partial charge in [-0.25, -0.2) is 4.98 Å². The lowest BCUT2D eigenvalue weighted by Crippen LogP contribution is -2.38. The van der Waals surface area contributed by atoms with E-state index in [4.69, 9.17) is 10.5 Å². The molecule has 1 unspecified atom stereocenters. The lowest BCUT2D eigenvalue weighted by Gasteiger charge is -2.23. The van der Waals surface area contributed by atoms with E-state index in [1.165, 1.54) is 0 Å². The second kappa shape index (κ2) is 5.55. The summed E-state index contributed by atoms with van der Waals surface area (Å²) in [6, 6.07) is 10.2. The van der Waals surface area contributed by atoms with Crippen molar-refractivity contribution < 1.29 is 4.74 Å². The maximum Gasteiger partial charge on any atom is 0.127 e. The van der Waals surface area contributed by atoms with Crippen molar-refractivity contribution in [1.82, 2.24) is 10.3 Å². The summed E-state index contributed by atoms with van der Waals surface area (Å²) in [6.07, 6.45) is 2.19. The first-order valence-corrected chi connectivity index (χ1v) is 6.79. The average Bonchev–Trinajstić information content (AvgIpc) is 2.46. The summed E-state index contributed by atoms with van der Waals surface area (Å²) in [5.74, 6) is 0.641. The quantitative estimate of drug-likeness (QED) is 0.879. The maximum absolute atomic E-state index is 6.03. The standard InChI is InChI=1S/C15H19N3O/c16-15-12(5-6-13-10-17-7-8-19-13)9-11-3-1-2-4-14(11)18-15/h1-4,9,13,17H,5-8,10H2,(H2,16,18). The van der Waals surface area contributed by atoms with Gasteiger partial charge in [0.2, 0.25) is 0 Å². The molecule has 100 valence electrons. The van der Waals surface area contributed by atoms with Crippen LogP contribution in [0.5, 0.6) is 0 Å². The van der Waals surface area contributed by atoms with Crippen molar-refractivity contribution in [3.05, 3.63) is 35.9 Å². The number of morpholine rings is 1. The summed E-state index contributed by atoms with van der Waals surface area (Å²) in [5.41, 5.74) is 8.11. The summed E-state index contributed by atoms with van der Waals surface area (Å²) in [7, 11) is 0. The number of nitrogen functional groups attached to an aromatic ring is 1. The molecular weight excluding hydrogens is 238 g/mol. The molecule has 2 aromatic rings. The number of aromatic nitrogens is 1. The molecule has 1 aliphatic heterocycles. The molecule has 19 heavy (non-hydrogen) atoms. The van der Waals surface area contributed by atoms with Gasteiger partial charge in [0.25, 0.3) is 0 Å². The lowest BCUT2D eigenvalue weighted by molar-refractivity contribution is 0.0238.